The fourth-order valence-corrected chi connectivity index (χ4v) is 2.50. The molecule has 0 saturated carbocycles. The monoisotopic (exact) mass is 295 g/mol. The molecule has 1 aromatic rings. The Hall–Kier alpha value is 0.0300. The molecule has 1 aromatic carbocycles. The van der Waals surface area contributed by atoms with Gasteiger partial charge >= 0.3 is 0 Å². The van der Waals surface area contributed by atoms with Crippen molar-refractivity contribution in [1.82, 2.24) is 0 Å². The van der Waals surface area contributed by atoms with Gasteiger partial charge in [0.05, 0.1) is 3.57 Å². The molecule has 0 fully saturated rings. The number of benzene rings is 1. The first-order chi connectivity index (χ1) is 5.77. The minimum atomic E-state index is -0.120. The number of halogens is 2. The van der Waals surface area contributed by atoms with Crippen molar-refractivity contribution in [3.8, 4) is 0 Å². The average molecular weight is 295 g/mol. The summed E-state index contributed by atoms with van der Waals surface area (Å²) in [5, 5.41) is 3.24. The van der Waals surface area contributed by atoms with Gasteiger partial charge in [0.1, 0.15) is 5.82 Å². The molecule has 1 nitrogen and oxygen atoms in total. The van der Waals surface area contributed by atoms with Crippen molar-refractivity contribution >= 4 is 40.0 Å². The van der Waals surface area contributed by atoms with Gasteiger partial charge in [-0.3, -0.25) is 0 Å². The van der Waals surface area contributed by atoms with Crippen LogP contribution in [0.4, 0.5) is 10.1 Å². The first-order valence-corrected chi connectivity index (χ1v) is 5.69. The lowest BCUT2D eigenvalue weighted by atomic mass is 10.3. The molecular formula is C8H7FINS. The van der Waals surface area contributed by atoms with Crippen LogP contribution in [-0.4, -0.2) is 12.3 Å². The van der Waals surface area contributed by atoms with E-state index >= 15 is 0 Å². The first kappa shape index (κ1) is 8.62. The molecule has 4 heteroatoms. The Balaban J connectivity index is 2.49. The second-order valence-corrected chi connectivity index (χ2v) is 4.84. The highest BCUT2D eigenvalue weighted by Crippen LogP contribution is 2.33. The summed E-state index contributed by atoms with van der Waals surface area (Å²) in [4.78, 5) is 1.03. The lowest BCUT2D eigenvalue weighted by Crippen LogP contribution is -2.10. The Morgan fingerprint density at radius 2 is 2.33 bits per heavy atom. The van der Waals surface area contributed by atoms with Gasteiger partial charge < -0.3 is 5.32 Å². The lowest BCUT2D eigenvalue weighted by Gasteiger charge is -2.17. The molecule has 0 unspecified atom stereocenters. The maximum absolute atomic E-state index is 13.1. The van der Waals surface area contributed by atoms with Gasteiger partial charge in [0.2, 0.25) is 0 Å². The van der Waals surface area contributed by atoms with Gasteiger partial charge in [-0.1, -0.05) is 0 Å². The van der Waals surface area contributed by atoms with Crippen LogP contribution in [0.2, 0.25) is 0 Å². The summed E-state index contributed by atoms with van der Waals surface area (Å²) >= 11 is 3.71. The zero-order chi connectivity index (χ0) is 8.55. The highest BCUT2D eigenvalue weighted by atomic mass is 127. The van der Waals surface area contributed by atoms with E-state index in [0.717, 1.165) is 22.9 Å². The number of hydrogen-bond acceptors (Lipinski definition) is 2. The maximum atomic E-state index is 13.1. The topological polar surface area (TPSA) is 12.0 Å². The summed E-state index contributed by atoms with van der Waals surface area (Å²) in [6.07, 6.45) is 0. The number of thioether (sulfide) groups is 1. The molecule has 1 aliphatic rings. The van der Waals surface area contributed by atoms with E-state index in [9.17, 15) is 4.39 Å². The zero-order valence-corrected chi connectivity index (χ0v) is 9.21. The summed E-state index contributed by atoms with van der Waals surface area (Å²) in [6.45, 7) is 0.972. The third-order valence-corrected chi connectivity index (χ3v) is 3.58. The Bertz CT molecular complexity index is 285. The highest BCUT2D eigenvalue weighted by Gasteiger charge is 2.11. The molecule has 0 aliphatic carbocycles. The van der Waals surface area contributed by atoms with Crippen molar-refractivity contribution in [2.24, 2.45) is 0 Å². The summed E-state index contributed by atoms with van der Waals surface area (Å²) in [7, 11) is 0. The Kier molecular flexibility index (Phi) is 2.45. The molecule has 0 spiro atoms. The Morgan fingerprint density at radius 1 is 1.50 bits per heavy atom. The average Bonchev–Trinajstić information content (AvgIpc) is 2.07. The molecule has 0 aromatic heterocycles. The smallest absolute Gasteiger partial charge is 0.137 e. The fourth-order valence-electron chi connectivity index (χ4n) is 1.13. The predicted octanol–water partition coefficient (Wildman–Crippen LogP) is 2.95. The molecule has 1 aliphatic heterocycles. The van der Waals surface area contributed by atoms with Gasteiger partial charge in [0, 0.05) is 22.9 Å². The lowest BCUT2D eigenvalue weighted by molar-refractivity contribution is 0.617. The van der Waals surface area contributed by atoms with Gasteiger partial charge in [0.25, 0.3) is 0 Å². The largest absolute Gasteiger partial charge is 0.383 e. The van der Waals surface area contributed by atoms with E-state index in [0.29, 0.717) is 3.57 Å². The molecule has 2 rings (SSSR count). The Labute approximate surface area is 88.3 Å². The van der Waals surface area contributed by atoms with Crippen molar-refractivity contribution < 1.29 is 4.39 Å². The van der Waals surface area contributed by atoms with Crippen LogP contribution in [0, 0.1) is 9.39 Å². The van der Waals surface area contributed by atoms with E-state index in [4.69, 9.17) is 0 Å². The quantitative estimate of drug-likeness (QED) is 0.739. The number of rotatable bonds is 0. The third kappa shape index (κ3) is 1.54. The van der Waals surface area contributed by atoms with Crippen LogP contribution in [-0.2, 0) is 0 Å². The van der Waals surface area contributed by atoms with E-state index in [1.807, 2.05) is 28.7 Å². The molecule has 12 heavy (non-hydrogen) atoms. The third-order valence-electron chi connectivity index (χ3n) is 1.70. The number of anilines is 1. The van der Waals surface area contributed by atoms with Crippen molar-refractivity contribution in [1.29, 1.82) is 0 Å². The van der Waals surface area contributed by atoms with Crippen molar-refractivity contribution in [3.63, 3.8) is 0 Å². The van der Waals surface area contributed by atoms with Crippen LogP contribution < -0.4 is 5.32 Å². The molecule has 0 amide bonds. The van der Waals surface area contributed by atoms with E-state index in [-0.39, 0.29) is 5.82 Å². The van der Waals surface area contributed by atoms with Crippen molar-refractivity contribution in [2.45, 2.75) is 4.90 Å². The summed E-state index contributed by atoms with van der Waals surface area (Å²) in [5.74, 6) is 0.901. The second kappa shape index (κ2) is 3.41. The molecule has 0 saturated heterocycles. The van der Waals surface area contributed by atoms with E-state index in [2.05, 4.69) is 5.32 Å². The van der Waals surface area contributed by atoms with Gasteiger partial charge in [-0.05, 0) is 34.7 Å². The van der Waals surface area contributed by atoms with Crippen LogP contribution in [0.25, 0.3) is 0 Å². The minimum Gasteiger partial charge on any atom is -0.383 e. The van der Waals surface area contributed by atoms with Crippen molar-refractivity contribution in [3.05, 3.63) is 21.5 Å². The molecule has 0 radical (unpaired) electrons. The predicted molar refractivity (Wildman–Crippen MR) is 58.3 cm³/mol. The summed E-state index contributed by atoms with van der Waals surface area (Å²) in [6, 6.07) is 3.46. The van der Waals surface area contributed by atoms with Gasteiger partial charge in [-0.2, -0.15) is 0 Å². The van der Waals surface area contributed by atoms with Gasteiger partial charge in [0.15, 0.2) is 0 Å². The normalized spacial score (nSPS) is 15.2. The van der Waals surface area contributed by atoms with Crippen LogP contribution in [0.1, 0.15) is 0 Å². The second-order valence-electron chi connectivity index (χ2n) is 2.54. The Morgan fingerprint density at radius 3 is 3.17 bits per heavy atom. The highest BCUT2D eigenvalue weighted by molar-refractivity contribution is 14.1. The first-order valence-electron chi connectivity index (χ1n) is 3.63. The SMILES string of the molecule is Fc1cc2c(cc1I)NCCS2. The minimum absolute atomic E-state index is 0.120. The van der Waals surface area contributed by atoms with E-state index in [1.165, 1.54) is 0 Å². The van der Waals surface area contributed by atoms with E-state index < -0.39 is 0 Å². The number of hydrogen-bond donors (Lipinski definition) is 1. The number of nitrogens with one attached hydrogen (secondary N) is 1. The standard InChI is InChI=1S/C8H7FINS/c9-5-3-8-7(4-6(5)10)11-1-2-12-8/h3-4,11H,1-2H2. The zero-order valence-electron chi connectivity index (χ0n) is 6.23. The van der Waals surface area contributed by atoms with E-state index in [1.54, 1.807) is 17.8 Å². The molecule has 0 bridgehead atoms. The summed E-state index contributed by atoms with van der Waals surface area (Å²) in [5.41, 5.74) is 1.07. The van der Waals surface area contributed by atoms with Gasteiger partial charge in [-0.15, -0.1) is 11.8 Å². The van der Waals surface area contributed by atoms with Gasteiger partial charge in [-0.25, -0.2) is 4.39 Å². The maximum Gasteiger partial charge on any atom is 0.137 e. The molecule has 1 N–H and O–H groups in total. The summed E-state index contributed by atoms with van der Waals surface area (Å²) < 4.78 is 13.7. The molecule has 64 valence electrons. The van der Waals surface area contributed by atoms with Crippen LogP contribution in [0.5, 0.6) is 0 Å². The fraction of sp³-hybridized carbons (Fsp3) is 0.250. The molecular weight excluding hydrogens is 288 g/mol. The van der Waals surface area contributed by atoms with Crippen LogP contribution >= 0.6 is 34.4 Å². The number of fused-ring (bicyclic) bond motifs is 1. The van der Waals surface area contributed by atoms with Crippen LogP contribution in [0.3, 0.4) is 0 Å². The molecule has 0 atom stereocenters. The van der Waals surface area contributed by atoms with Crippen LogP contribution in [0.15, 0.2) is 17.0 Å². The van der Waals surface area contributed by atoms with Crippen molar-refractivity contribution in [2.75, 3.05) is 17.6 Å². The molecule has 1 heterocycles.